The molecular formula is C21H29NO5S. The molecule has 1 unspecified atom stereocenters. The summed E-state index contributed by atoms with van der Waals surface area (Å²) in [6, 6.07) is 9.38. The third-order valence-electron chi connectivity index (χ3n) is 4.62. The number of Topliss-reactive ketones (excluding diaryl/α,β-unsaturated/α-hetero) is 1. The fourth-order valence-electron chi connectivity index (χ4n) is 2.68. The van der Waals surface area contributed by atoms with Gasteiger partial charge in [-0.25, -0.2) is 4.79 Å². The van der Waals surface area contributed by atoms with Crippen molar-refractivity contribution in [3.05, 3.63) is 35.9 Å². The molecule has 0 aromatic heterocycles. The molecule has 4 atom stereocenters. The van der Waals surface area contributed by atoms with E-state index in [2.05, 4.69) is 5.32 Å². The summed E-state index contributed by atoms with van der Waals surface area (Å²) in [5.74, 6) is 0.540. The largest absolute Gasteiger partial charge is 0.464 e. The van der Waals surface area contributed by atoms with Gasteiger partial charge in [0.05, 0.1) is 12.6 Å². The summed E-state index contributed by atoms with van der Waals surface area (Å²) in [6.45, 7) is 5.99. The molecule has 0 bridgehead atoms. The lowest BCUT2D eigenvalue weighted by molar-refractivity contribution is -0.144. The number of epoxide rings is 1. The Labute approximate surface area is 170 Å². The zero-order valence-corrected chi connectivity index (χ0v) is 17.5. The number of rotatable bonds is 12. The van der Waals surface area contributed by atoms with Gasteiger partial charge in [-0.1, -0.05) is 50.6 Å². The van der Waals surface area contributed by atoms with E-state index in [0.717, 1.165) is 12.2 Å². The SMILES string of the molecule is CCOC(=O)[C@H]1O[C@@H]1C(=O)N[C@@H](CSCc1ccccc1)C(=O)CC(C)CC. The number of amides is 1. The predicted octanol–water partition coefficient (Wildman–Crippen LogP) is 2.74. The standard InChI is InChI=1S/C21H29NO5S/c1-4-14(3)11-17(23)16(13-28-12-15-9-7-6-8-10-15)22-20(24)18-19(27-18)21(25)26-5-2/h6-10,14,16,18-19H,4-5,11-13H2,1-3H3,(H,22,24)/t14?,16-,18-,19-/m0/s1. The Hall–Kier alpha value is -1.86. The third-order valence-corrected chi connectivity index (χ3v) is 5.72. The van der Waals surface area contributed by atoms with Gasteiger partial charge >= 0.3 is 5.97 Å². The summed E-state index contributed by atoms with van der Waals surface area (Å²) in [6.07, 6.45) is -0.403. The summed E-state index contributed by atoms with van der Waals surface area (Å²) in [5.41, 5.74) is 1.17. The van der Waals surface area contributed by atoms with Gasteiger partial charge in [-0.05, 0) is 18.4 Å². The van der Waals surface area contributed by atoms with Crippen molar-refractivity contribution in [3.8, 4) is 0 Å². The molecule has 1 N–H and O–H groups in total. The molecule has 0 saturated carbocycles. The van der Waals surface area contributed by atoms with Gasteiger partial charge in [-0.15, -0.1) is 0 Å². The molecule has 1 aromatic rings. The van der Waals surface area contributed by atoms with Crippen LogP contribution in [0.4, 0.5) is 0 Å². The summed E-state index contributed by atoms with van der Waals surface area (Å²) < 4.78 is 10.0. The van der Waals surface area contributed by atoms with E-state index >= 15 is 0 Å². The van der Waals surface area contributed by atoms with E-state index in [9.17, 15) is 14.4 Å². The van der Waals surface area contributed by atoms with E-state index in [0.29, 0.717) is 12.2 Å². The Kier molecular flexibility index (Phi) is 8.99. The van der Waals surface area contributed by atoms with Gasteiger partial charge in [0.25, 0.3) is 5.91 Å². The first-order chi connectivity index (χ1) is 13.5. The lowest BCUT2D eigenvalue weighted by Gasteiger charge is -2.19. The Morgan fingerprint density at radius 1 is 1.18 bits per heavy atom. The van der Waals surface area contributed by atoms with Crippen LogP contribution in [0.3, 0.4) is 0 Å². The van der Waals surface area contributed by atoms with E-state index in [4.69, 9.17) is 9.47 Å². The van der Waals surface area contributed by atoms with Crippen molar-refractivity contribution in [1.82, 2.24) is 5.32 Å². The van der Waals surface area contributed by atoms with Crippen LogP contribution in [0.25, 0.3) is 0 Å². The van der Waals surface area contributed by atoms with Gasteiger partial charge in [-0.3, -0.25) is 9.59 Å². The quantitative estimate of drug-likeness (QED) is 0.424. The summed E-state index contributed by atoms with van der Waals surface area (Å²) in [7, 11) is 0. The second kappa shape index (κ2) is 11.2. The van der Waals surface area contributed by atoms with Gasteiger partial charge in [0.1, 0.15) is 0 Å². The van der Waals surface area contributed by atoms with Crippen molar-refractivity contribution in [1.29, 1.82) is 0 Å². The average molecular weight is 408 g/mol. The van der Waals surface area contributed by atoms with Gasteiger partial charge in [0, 0.05) is 17.9 Å². The van der Waals surface area contributed by atoms with Crippen LogP contribution in [0.2, 0.25) is 0 Å². The van der Waals surface area contributed by atoms with Crippen LogP contribution >= 0.6 is 11.8 Å². The normalized spacial score (nSPS) is 20.1. The van der Waals surface area contributed by atoms with E-state index in [1.807, 2.05) is 44.2 Å². The Morgan fingerprint density at radius 2 is 1.89 bits per heavy atom. The first-order valence-corrected chi connectivity index (χ1v) is 10.9. The first-order valence-electron chi connectivity index (χ1n) is 9.73. The molecule has 6 nitrogen and oxygen atoms in total. The minimum Gasteiger partial charge on any atom is -0.464 e. The number of carbonyl (C=O) groups excluding carboxylic acids is 3. The molecule has 1 aliphatic heterocycles. The fraction of sp³-hybridized carbons (Fsp3) is 0.571. The van der Waals surface area contributed by atoms with Crippen LogP contribution in [0.15, 0.2) is 30.3 Å². The molecule has 1 fully saturated rings. The molecule has 0 spiro atoms. The number of hydrogen-bond donors (Lipinski definition) is 1. The number of nitrogens with one attached hydrogen (secondary N) is 1. The summed E-state index contributed by atoms with van der Waals surface area (Å²) in [5, 5.41) is 2.78. The minimum atomic E-state index is -0.864. The van der Waals surface area contributed by atoms with Crippen LogP contribution in [0, 0.1) is 5.92 Å². The molecular weight excluding hydrogens is 378 g/mol. The number of hydrogen-bond acceptors (Lipinski definition) is 6. The van der Waals surface area contributed by atoms with Crippen LogP contribution in [-0.2, 0) is 29.6 Å². The number of ether oxygens (including phenoxy) is 2. The summed E-state index contributed by atoms with van der Waals surface area (Å²) in [4.78, 5) is 36.8. The lowest BCUT2D eigenvalue weighted by atomic mass is 9.98. The van der Waals surface area contributed by atoms with E-state index in [1.165, 1.54) is 5.56 Å². The molecule has 0 radical (unpaired) electrons. The Morgan fingerprint density at radius 3 is 2.54 bits per heavy atom. The monoisotopic (exact) mass is 407 g/mol. The maximum atomic E-state index is 12.7. The molecule has 1 aliphatic rings. The smallest absolute Gasteiger partial charge is 0.338 e. The second-order valence-electron chi connectivity index (χ2n) is 6.98. The predicted molar refractivity (Wildman–Crippen MR) is 109 cm³/mol. The molecule has 1 aromatic carbocycles. The van der Waals surface area contributed by atoms with Crippen molar-refractivity contribution in [2.75, 3.05) is 12.4 Å². The lowest BCUT2D eigenvalue weighted by Crippen LogP contribution is -2.45. The zero-order valence-electron chi connectivity index (χ0n) is 16.7. The molecule has 1 saturated heterocycles. The zero-order chi connectivity index (χ0) is 20.5. The van der Waals surface area contributed by atoms with Gasteiger partial charge in [0.15, 0.2) is 18.0 Å². The Balaban J connectivity index is 1.91. The molecule has 28 heavy (non-hydrogen) atoms. The maximum absolute atomic E-state index is 12.7. The van der Waals surface area contributed by atoms with Crippen molar-refractivity contribution < 1.29 is 23.9 Å². The van der Waals surface area contributed by atoms with E-state index < -0.39 is 30.1 Å². The van der Waals surface area contributed by atoms with Crippen molar-refractivity contribution in [2.45, 2.75) is 57.6 Å². The van der Waals surface area contributed by atoms with Crippen LogP contribution in [0.1, 0.15) is 39.2 Å². The van der Waals surface area contributed by atoms with Gasteiger partial charge in [0.2, 0.25) is 0 Å². The Bertz CT molecular complexity index is 666. The summed E-state index contributed by atoms with van der Waals surface area (Å²) >= 11 is 1.60. The highest BCUT2D eigenvalue weighted by Gasteiger charge is 2.52. The van der Waals surface area contributed by atoms with Gasteiger partial charge < -0.3 is 14.8 Å². The highest BCUT2D eigenvalue weighted by Crippen LogP contribution is 2.24. The highest BCUT2D eigenvalue weighted by atomic mass is 32.2. The van der Waals surface area contributed by atoms with Gasteiger partial charge in [-0.2, -0.15) is 11.8 Å². The molecule has 154 valence electrons. The molecule has 7 heteroatoms. The molecule has 1 amide bonds. The first kappa shape index (κ1) is 22.4. The third kappa shape index (κ3) is 6.95. The van der Waals surface area contributed by atoms with E-state index in [-0.39, 0.29) is 18.3 Å². The molecule has 0 aliphatic carbocycles. The minimum absolute atomic E-state index is 0.0107. The average Bonchev–Trinajstić information content (AvgIpc) is 3.49. The molecule has 2 rings (SSSR count). The van der Waals surface area contributed by atoms with E-state index in [1.54, 1.807) is 18.7 Å². The molecule has 1 heterocycles. The van der Waals surface area contributed by atoms with Crippen LogP contribution < -0.4 is 5.32 Å². The van der Waals surface area contributed by atoms with Crippen molar-refractivity contribution in [2.24, 2.45) is 5.92 Å². The number of benzene rings is 1. The fourth-order valence-corrected chi connectivity index (χ4v) is 3.73. The van der Waals surface area contributed by atoms with Crippen LogP contribution in [-0.4, -0.2) is 48.3 Å². The maximum Gasteiger partial charge on any atom is 0.338 e. The van der Waals surface area contributed by atoms with Crippen molar-refractivity contribution >= 4 is 29.4 Å². The topological polar surface area (TPSA) is 85.0 Å². The highest BCUT2D eigenvalue weighted by molar-refractivity contribution is 7.98. The number of carbonyl (C=O) groups is 3. The second-order valence-corrected chi connectivity index (χ2v) is 8.01. The van der Waals surface area contributed by atoms with Crippen LogP contribution in [0.5, 0.6) is 0 Å². The number of esters is 1. The van der Waals surface area contributed by atoms with Crippen molar-refractivity contribution in [3.63, 3.8) is 0 Å². The number of thioether (sulfide) groups is 1. The number of ketones is 1.